The highest BCUT2D eigenvalue weighted by Crippen LogP contribution is 2.25. The molecule has 1 heterocycles. The summed E-state index contributed by atoms with van der Waals surface area (Å²) in [6.45, 7) is 4.65. The van der Waals surface area contributed by atoms with E-state index in [1.807, 2.05) is 0 Å². The molecule has 0 saturated carbocycles. The van der Waals surface area contributed by atoms with E-state index in [1.54, 1.807) is 0 Å². The van der Waals surface area contributed by atoms with Gasteiger partial charge in [0, 0.05) is 0 Å². The Labute approximate surface area is 80.3 Å². The molecule has 3 nitrogen and oxygen atoms in total. The van der Waals surface area contributed by atoms with Crippen molar-refractivity contribution < 1.29 is 9.84 Å². The van der Waals surface area contributed by atoms with E-state index >= 15 is 0 Å². The van der Waals surface area contributed by atoms with E-state index in [1.165, 1.54) is 0 Å². The summed E-state index contributed by atoms with van der Waals surface area (Å²) in [5.41, 5.74) is 5.57. The fraction of sp³-hybridized carbons (Fsp3) is 1.00. The second-order valence-electron chi connectivity index (χ2n) is 3.96. The molecule has 0 aromatic heterocycles. The molecule has 0 radical (unpaired) electrons. The Morgan fingerprint density at radius 1 is 1.54 bits per heavy atom. The number of hydrogen-bond acceptors (Lipinski definition) is 3. The third-order valence-electron chi connectivity index (χ3n) is 2.96. The van der Waals surface area contributed by atoms with Gasteiger partial charge in [-0.25, -0.2) is 0 Å². The molecular formula is C10H21NO2. The van der Waals surface area contributed by atoms with E-state index in [0.717, 1.165) is 19.3 Å². The third-order valence-corrected chi connectivity index (χ3v) is 2.96. The molecule has 3 heteroatoms. The molecule has 0 amide bonds. The first-order valence-electron chi connectivity index (χ1n) is 5.22. The quantitative estimate of drug-likeness (QED) is 0.687. The molecule has 0 aromatic carbocycles. The van der Waals surface area contributed by atoms with Crippen molar-refractivity contribution in [1.82, 2.24) is 0 Å². The molecule has 0 aromatic rings. The van der Waals surface area contributed by atoms with Crippen molar-refractivity contribution in [3.05, 3.63) is 0 Å². The minimum atomic E-state index is -0.375. The normalized spacial score (nSPS) is 33.2. The molecule has 1 aliphatic rings. The first-order chi connectivity index (χ1) is 6.19. The summed E-state index contributed by atoms with van der Waals surface area (Å²) >= 11 is 0. The van der Waals surface area contributed by atoms with Gasteiger partial charge in [-0.05, 0) is 38.6 Å². The maximum atomic E-state index is 9.92. The van der Waals surface area contributed by atoms with Crippen molar-refractivity contribution in [2.75, 3.05) is 6.54 Å². The minimum absolute atomic E-state index is 0.0171. The Bertz CT molecular complexity index is 148. The van der Waals surface area contributed by atoms with Crippen molar-refractivity contribution in [3.8, 4) is 0 Å². The molecule has 0 bridgehead atoms. The lowest BCUT2D eigenvalue weighted by Crippen LogP contribution is -2.37. The van der Waals surface area contributed by atoms with E-state index in [2.05, 4.69) is 13.8 Å². The zero-order valence-electron chi connectivity index (χ0n) is 8.57. The van der Waals surface area contributed by atoms with E-state index in [9.17, 15) is 5.11 Å². The smallest absolute Gasteiger partial charge is 0.0842 e. The van der Waals surface area contributed by atoms with Gasteiger partial charge in [0.2, 0.25) is 0 Å². The molecule has 0 spiro atoms. The van der Waals surface area contributed by atoms with Crippen LogP contribution in [-0.4, -0.2) is 30.0 Å². The minimum Gasteiger partial charge on any atom is -0.390 e. The van der Waals surface area contributed by atoms with Gasteiger partial charge in [0.05, 0.1) is 18.3 Å². The Morgan fingerprint density at radius 3 is 2.62 bits per heavy atom. The summed E-state index contributed by atoms with van der Waals surface area (Å²) in [5.74, 6) is 0.190. The zero-order valence-corrected chi connectivity index (χ0v) is 8.57. The molecule has 1 fully saturated rings. The number of ether oxygens (including phenoxy) is 1. The van der Waals surface area contributed by atoms with Crippen molar-refractivity contribution in [2.24, 2.45) is 11.7 Å². The van der Waals surface area contributed by atoms with Crippen LogP contribution in [0, 0.1) is 5.92 Å². The lowest BCUT2D eigenvalue weighted by Gasteiger charge is -2.25. The number of nitrogens with two attached hydrogens (primary N) is 1. The first-order valence-corrected chi connectivity index (χ1v) is 5.22. The van der Waals surface area contributed by atoms with Crippen LogP contribution in [-0.2, 0) is 4.74 Å². The van der Waals surface area contributed by atoms with Crippen LogP contribution >= 0.6 is 0 Å². The average molecular weight is 187 g/mol. The van der Waals surface area contributed by atoms with Gasteiger partial charge in [-0.1, -0.05) is 6.92 Å². The summed E-state index contributed by atoms with van der Waals surface area (Å²) < 4.78 is 5.60. The van der Waals surface area contributed by atoms with Gasteiger partial charge >= 0.3 is 0 Å². The van der Waals surface area contributed by atoms with Gasteiger partial charge in [-0.15, -0.1) is 0 Å². The van der Waals surface area contributed by atoms with Crippen LogP contribution < -0.4 is 5.73 Å². The highest BCUT2D eigenvalue weighted by atomic mass is 16.5. The van der Waals surface area contributed by atoms with Crippen LogP contribution in [0.25, 0.3) is 0 Å². The van der Waals surface area contributed by atoms with Gasteiger partial charge in [-0.2, -0.15) is 0 Å². The fourth-order valence-electron chi connectivity index (χ4n) is 1.94. The molecule has 1 aliphatic heterocycles. The number of hydrogen-bond donors (Lipinski definition) is 2. The summed E-state index contributed by atoms with van der Waals surface area (Å²) in [6.07, 6.45) is 2.89. The predicted molar refractivity (Wildman–Crippen MR) is 52.4 cm³/mol. The topological polar surface area (TPSA) is 55.5 Å². The largest absolute Gasteiger partial charge is 0.390 e. The van der Waals surface area contributed by atoms with Crippen molar-refractivity contribution >= 4 is 0 Å². The van der Waals surface area contributed by atoms with Gasteiger partial charge in [0.25, 0.3) is 0 Å². The predicted octanol–water partition coefficient (Wildman–Crippen LogP) is 0.900. The summed E-state index contributed by atoms with van der Waals surface area (Å²) in [7, 11) is 0. The van der Waals surface area contributed by atoms with Crippen LogP contribution in [0.2, 0.25) is 0 Å². The molecule has 0 aliphatic carbocycles. The number of aliphatic hydroxyl groups excluding tert-OH is 1. The van der Waals surface area contributed by atoms with Gasteiger partial charge in [-0.3, -0.25) is 0 Å². The van der Waals surface area contributed by atoms with Crippen LogP contribution in [0.4, 0.5) is 0 Å². The van der Waals surface area contributed by atoms with Crippen LogP contribution in [0.15, 0.2) is 0 Å². The SMILES string of the molecule is CCC(CN)C(O)C1CCC(C)O1. The fourth-order valence-corrected chi connectivity index (χ4v) is 1.94. The van der Waals surface area contributed by atoms with Gasteiger partial charge in [0.1, 0.15) is 0 Å². The highest BCUT2D eigenvalue weighted by molar-refractivity contribution is 4.82. The average Bonchev–Trinajstić information content (AvgIpc) is 2.54. The van der Waals surface area contributed by atoms with Crippen molar-refractivity contribution in [2.45, 2.75) is 51.4 Å². The Balaban J connectivity index is 2.41. The zero-order chi connectivity index (χ0) is 9.84. The maximum absolute atomic E-state index is 9.92. The highest BCUT2D eigenvalue weighted by Gasteiger charge is 2.31. The van der Waals surface area contributed by atoms with Crippen molar-refractivity contribution in [3.63, 3.8) is 0 Å². The Kier molecular flexibility index (Phi) is 4.16. The molecule has 13 heavy (non-hydrogen) atoms. The van der Waals surface area contributed by atoms with Crippen molar-refractivity contribution in [1.29, 1.82) is 0 Å². The first kappa shape index (κ1) is 11.0. The molecule has 3 N–H and O–H groups in total. The molecule has 4 atom stereocenters. The van der Waals surface area contributed by atoms with E-state index in [-0.39, 0.29) is 18.1 Å². The molecule has 4 unspecified atom stereocenters. The Morgan fingerprint density at radius 2 is 2.23 bits per heavy atom. The van der Waals surface area contributed by atoms with Gasteiger partial charge < -0.3 is 15.6 Å². The Hall–Kier alpha value is -0.120. The lowest BCUT2D eigenvalue weighted by atomic mass is 9.94. The maximum Gasteiger partial charge on any atom is 0.0842 e. The number of rotatable bonds is 4. The monoisotopic (exact) mass is 187 g/mol. The molecule has 1 rings (SSSR count). The van der Waals surface area contributed by atoms with E-state index < -0.39 is 0 Å². The van der Waals surface area contributed by atoms with E-state index in [0.29, 0.717) is 12.6 Å². The lowest BCUT2D eigenvalue weighted by molar-refractivity contribution is -0.0522. The number of aliphatic hydroxyl groups is 1. The second-order valence-corrected chi connectivity index (χ2v) is 3.96. The molecule has 1 saturated heterocycles. The summed E-state index contributed by atoms with van der Waals surface area (Å²) in [6, 6.07) is 0. The molecular weight excluding hydrogens is 166 g/mol. The van der Waals surface area contributed by atoms with Gasteiger partial charge in [0.15, 0.2) is 0 Å². The summed E-state index contributed by atoms with van der Waals surface area (Å²) in [4.78, 5) is 0. The second kappa shape index (κ2) is 4.94. The van der Waals surface area contributed by atoms with Crippen LogP contribution in [0.5, 0.6) is 0 Å². The third kappa shape index (κ3) is 2.66. The van der Waals surface area contributed by atoms with E-state index in [4.69, 9.17) is 10.5 Å². The standard InChI is InChI=1S/C10H21NO2/c1-3-8(6-11)10(12)9-5-4-7(2)13-9/h7-10,12H,3-6,11H2,1-2H3. The van der Waals surface area contributed by atoms with Crippen LogP contribution in [0.3, 0.4) is 0 Å². The summed E-state index contributed by atoms with van der Waals surface area (Å²) in [5, 5.41) is 9.92. The molecule has 78 valence electrons. The van der Waals surface area contributed by atoms with Crippen LogP contribution in [0.1, 0.15) is 33.1 Å².